The minimum atomic E-state index is -0.608. The molecule has 1 unspecified atom stereocenters. The summed E-state index contributed by atoms with van der Waals surface area (Å²) in [5, 5.41) is 25.6. The van der Waals surface area contributed by atoms with Gasteiger partial charge < -0.3 is 20.5 Å². The number of hydrogen-bond acceptors (Lipinski definition) is 5. The van der Waals surface area contributed by atoms with Gasteiger partial charge >= 0.3 is 5.82 Å². The first-order valence-electron chi connectivity index (χ1n) is 6.12. The molecule has 0 bridgehead atoms. The molecular weight excluding hydrogens is 252 g/mol. The monoisotopic (exact) mass is 270 g/mol. The molecule has 1 atom stereocenters. The number of hydrogen-bond donors (Lipinski definition) is 2. The van der Waals surface area contributed by atoms with Crippen molar-refractivity contribution >= 4 is 11.7 Å². The Bertz CT molecular complexity index is 432. The zero-order valence-electron chi connectivity index (χ0n) is 10.8. The van der Waals surface area contributed by atoms with Gasteiger partial charge in [-0.25, -0.2) is 0 Å². The van der Waals surface area contributed by atoms with Crippen LogP contribution in [0.25, 0.3) is 0 Å². The van der Waals surface area contributed by atoms with E-state index in [0.717, 1.165) is 6.42 Å². The minimum absolute atomic E-state index is 0.0522. The highest BCUT2D eigenvalue weighted by Gasteiger charge is 2.14. The normalized spacial score (nSPS) is 12.1. The Kier molecular flexibility index (Phi) is 5.94. The van der Waals surface area contributed by atoms with Crippen molar-refractivity contribution in [2.24, 2.45) is 5.92 Å². The summed E-state index contributed by atoms with van der Waals surface area (Å²) < 4.78 is 1.22. The predicted octanol–water partition coefficient (Wildman–Crippen LogP) is 0.316. The van der Waals surface area contributed by atoms with Crippen molar-refractivity contribution in [3.8, 4) is 0 Å². The van der Waals surface area contributed by atoms with Crippen molar-refractivity contribution < 1.29 is 14.8 Å². The van der Waals surface area contributed by atoms with Gasteiger partial charge in [0.05, 0.1) is 17.4 Å². The molecule has 0 spiro atoms. The number of aliphatic hydroxyl groups is 1. The van der Waals surface area contributed by atoms with Crippen molar-refractivity contribution in [1.82, 2.24) is 15.1 Å². The predicted molar refractivity (Wildman–Crippen MR) is 67.4 cm³/mol. The summed E-state index contributed by atoms with van der Waals surface area (Å²) in [6.07, 6.45) is 2.90. The second-order valence-corrected chi connectivity index (χ2v) is 4.22. The largest absolute Gasteiger partial charge is 0.396 e. The Hall–Kier alpha value is -1.96. The molecule has 1 rings (SSSR count). The average Bonchev–Trinajstić information content (AvgIpc) is 2.83. The highest BCUT2D eigenvalue weighted by atomic mass is 16.6. The molecule has 1 aromatic rings. The topological polar surface area (TPSA) is 110 Å². The molecule has 0 fully saturated rings. The summed E-state index contributed by atoms with van der Waals surface area (Å²) in [6, 6.07) is 1.24. The van der Waals surface area contributed by atoms with Crippen LogP contribution in [0, 0.1) is 16.0 Å². The van der Waals surface area contributed by atoms with Gasteiger partial charge in [-0.1, -0.05) is 13.3 Å². The molecule has 0 aliphatic rings. The lowest BCUT2D eigenvalue weighted by Crippen LogP contribution is -2.32. The second-order valence-electron chi connectivity index (χ2n) is 4.22. The van der Waals surface area contributed by atoms with Gasteiger partial charge in [-0.05, 0) is 17.3 Å². The standard InChI is InChI=1S/C11H18N4O4/c1-2-9(4-6-16)7-12-11(17)8-14-5-3-10(13-14)15(18)19/h3,5,9,16H,2,4,6-8H2,1H3,(H,12,17). The number of nitrogens with zero attached hydrogens (tertiary/aromatic N) is 3. The van der Waals surface area contributed by atoms with E-state index in [9.17, 15) is 14.9 Å². The first-order valence-corrected chi connectivity index (χ1v) is 6.12. The van der Waals surface area contributed by atoms with Crippen molar-refractivity contribution in [3.05, 3.63) is 22.4 Å². The maximum Gasteiger partial charge on any atom is 0.389 e. The Morgan fingerprint density at radius 3 is 2.95 bits per heavy atom. The zero-order chi connectivity index (χ0) is 14.3. The fourth-order valence-electron chi connectivity index (χ4n) is 1.63. The molecule has 1 aromatic heterocycles. The molecule has 0 aromatic carbocycles. The maximum absolute atomic E-state index is 11.6. The van der Waals surface area contributed by atoms with Crippen LogP contribution in [-0.4, -0.2) is 38.9 Å². The number of aliphatic hydroxyl groups excluding tert-OH is 1. The van der Waals surface area contributed by atoms with Crippen LogP contribution in [0.4, 0.5) is 5.82 Å². The van der Waals surface area contributed by atoms with Crippen molar-refractivity contribution in [2.45, 2.75) is 26.3 Å². The van der Waals surface area contributed by atoms with E-state index in [2.05, 4.69) is 10.4 Å². The van der Waals surface area contributed by atoms with Gasteiger partial charge in [0.2, 0.25) is 5.91 Å². The lowest BCUT2D eigenvalue weighted by atomic mass is 10.0. The number of amides is 1. The van der Waals surface area contributed by atoms with E-state index in [0.29, 0.717) is 13.0 Å². The fraction of sp³-hybridized carbons (Fsp3) is 0.636. The maximum atomic E-state index is 11.6. The van der Waals surface area contributed by atoms with Gasteiger partial charge in [0.15, 0.2) is 0 Å². The lowest BCUT2D eigenvalue weighted by Gasteiger charge is -2.13. The van der Waals surface area contributed by atoms with E-state index < -0.39 is 4.92 Å². The Morgan fingerprint density at radius 2 is 2.42 bits per heavy atom. The van der Waals surface area contributed by atoms with Gasteiger partial charge in [0.1, 0.15) is 6.54 Å². The van der Waals surface area contributed by atoms with E-state index in [-0.39, 0.29) is 30.8 Å². The van der Waals surface area contributed by atoms with Crippen LogP contribution in [0.3, 0.4) is 0 Å². The number of aromatic nitrogens is 2. The van der Waals surface area contributed by atoms with Gasteiger partial charge in [-0.15, -0.1) is 0 Å². The first kappa shape index (κ1) is 15.1. The summed E-state index contributed by atoms with van der Waals surface area (Å²) in [4.78, 5) is 21.4. The number of nitro groups is 1. The molecule has 8 nitrogen and oxygen atoms in total. The number of carbonyl (C=O) groups excluding carboxylic acids is 1. The number of nitrogens with one attached hydrogen (secondary N) is 1. The highest BCUT2D eigenvalue weighted by Crippen LogP contribution is 2.06. The van der Waals surface area contributed by atoms with Crippen LogP contribution in [0.1, 0.15) is 19.8 Å². The molecular formula is C11H18N4O4. The quantitative estimate of drug-likeness (QED) is 0.522. The lowest BCUT2D eigenvalue weighted by molar-refractivity contribution is -0.389. The third-order valence-electron chi connectivity index (χ3n) is 2.82. The molecule has 0 radical (unpaired) electrons. The van der Waals surface area contributed by atoms with Crippen LogP contribution in [0.15, 0.2) is 12.3 Å². The smallest absolute Gasteiger partial charge is 0.389 e. The SMILES string of the molecule is CCC(CCO)CNC(=O)Cn1ccc([N+](=O)[O-])n1. The van der Waals surface area contributed by atoms with Crippen molar-refractivity contribution in [1.29, 1.82) is 0 Å². The van der Waals surface area contributed by atoms with E-state index >= 15 is 0 Å². The highest BCUT2D eigenvalue weighted by molar-refractivity contribution is 5.75. The molecule has 8 heteroatoms. The van der Waals surface area contributed by atoms with Gasteiger partial charge in [0, 0.05) is 13.2 Å². The summed E-state index contributed by atoms with van der Waals surface area (Å²) in [7, 11) is 0. The van der Waals surface area contributed by atoms with Crippen LogP contribution in [0.5, 0.6) is 0 Å². The molecule has 1 heterocycles. The molecule has 0 saturated carbocycles. The van der Waals surface area contributed by atoms with Crippen LogP contribution >= 0.6 is 0 Å². The van der Waals surface area contributed by atoms with Crippen molar-refractivity contribution in [3.63, 3.8) is 0 Å². The average molecular weight is 270 g/mol. The third-order valence-corrected chi connectivity index (χ3v) is 2.82. The molecule has 0 aliphatic heterocycles. The molecule has 1 amide bonds. The third kappa shape index (κ3) is 5.04. The van der Waals surface area contributed by atoms with E-state index in [4.69, 9.17) is 5.11 Å². The summed E-state index contributed by atoms with van der Waals surface area (Å²) in [5.74, 6) is -0.296. The van der Waals surface area contributed by atoms with Gasteiger partial charge in [-0.2, -0.15) is 4.68 Å². The van der Waals surface area contributed by atoms with Gasteiger partial charge in [0.25, 0.3) is 0 Å². The number of carbonyl (C=O) groups is 1. The first-order chi connectivity index (χ1) is 9.06. The Labute approximate surface area is 110 Å². The summed E-state index contributed by atoms with van der Waals surface area (Å²) >= 11 is 0. The summed E-state index contributed by atoms with van der Waals surface area (Å²) in [5.41, 5.74) is 0. The zero-order valence-corrected chi connectivity index (χ0v) is 10.8. The van der Waals surface area contributed by atoms with Gasteiger partial charge in [-0.3, -0.25) is 4.79 Å². The molecule has 0 saturated heterocycles. The van der Waals surface area contributed by atoms with E-state index in [1.807, 2.05) is 6.92 Å². The van der Waals surface area contributed by atoms with E-state index in [1.54, 1.807) is 0 Å². The second kappa shape index (κ2) is 7.47. The van der Waals surface area contributed by atoms with Crippen LogP contribution in [0.2, 0.25) is 0 Å². The number of rotatable bonds is 8. The molecule has 106 valence electrons. The summed E-state index contributed by atoms with van der Waals surface area (Å²) in [6.45, 7) is 2.52. The molecule has 2 N–H and O–H groups in total. The van der Waals surface area contributed by atoms with Crippen LogP contribution < -0.4 is 5.32 Å². The Morgan fingerprint density at radius 1 is 1.68 bits per heavy atom. The van der Waals surface area contributed by atoms with Crippen molar-refractivity contribution in [2.75, 3.05) is 13.2 Å². The van der Waals surface area contributed by atoms with E-state index in [1.165, 1.54) is 16.9 Å². The fourth-order valence-corrected chi connectivity index (χ4v) is 1.63. The minimum Gasteiger partial charge on any atom is -0.396 e. The molecule has 0 aliphatic carbocycles. The van der Waals surface area contributed by atoms with Crippen LogP contribution in [-0.2, 0) is 11.3 Å². The molecule has 19 heavy (non-hydrogen) atoms. The Balaban J connectivity index is 2.39.